The molecule has 0 radical (unpaired) electrons. The summed E-state index contributed by atoms with van der Waals surface area (Å²) in [6, 6.07) is 6.48. The van der Waals surface area contributed by atoms with Crippen molar-refractivity contribution < 1.29 is 4.74 Å². The standard InChI is InChI=1S/C9H13NOSi/c1-10-4-5-11-9-6-7(12)2-3-8(9)10/h2-3,6H,4-5H2,1,12H3. The van der Waals surface area contributed by atoms with Gasteiger partial charge in [0.2, 0.25) is 0 Å². The SMILES string of the molecule is CN1CCOc2cc([SiH3])ccc21. The molecular formula is C9H13NOSi. The maximum absolute atomic E-state index is 5.56. The first-order valence-corrected chi connectivity index (χ1v) is 5.22. The van der Waals surface area contributed by atoms with Crippen molar-refractivity contribution >= 4 is 21.1 Å². The van der Waals surface area contributed by atoms with Gasteiger partial charge in [-0.05, 0) is 12.1 Å². The van der Waals surface area contributed by atoms with Crippen molar-refractivity contribution in [3.8, 4) is 5.75 Å². The molecule has 3 heteroatoms. The zero-order chi connectivity index (χ0) is 8.55. The van der Waals surface area contributed by atoms with E-state index in [1.165, 1.54) is 10.9 Å². The molecule has 0 amide bonds. The van der Waals surface area contributed by atoms with Crippen molar-refractivity contribution in [1.29, 1.82) is 0 Å². The van der Waals surface area contributed by atoms with Gasteiger partial charge in [-0.3, -0.25) is 0 Å². The Morgan fingerprint density at radius 1 is 1.50 bits per heavy atom. The number of benzene rings is 1. The lowest BCUT2D eigenvalue weighted by molar-refractivity contribution is 0.311. The molecule has 64 valence electrons. The van der Waals surface area contributed by atoms with Crippen LogP contribution in [0.25, 0.3) is 0 Å². The number of fused-ring (bicyclic) bond motifs is 1. The first kappa shape index (κ1) is 7.67. The summed E-state index contributed by atoms with van der Waals surface area (Å²) in [6.07, 6.45) is 0. The van der Waals surface area contributed by atoms with Gasteiger partial charge in [0.1, 0.15) is 12.4 Å². The number of hydrogen-bond donors (Lipinski definition) is 0. The molecule has 1 aromatic carbocycles. The van der Waals surface area contributed by atoms with Crippen LogP contribution in [0.2, 0.25) is 0 Å². The maximum atomic E-state index is 5.56. The highest BCUT2D eigenvalue weighted by Crippen LogP contribution is 2.28. The van der Waals surface area contributed by atoms with Crippen LogP contribution >= 0.6 is 0 Å². The fourth-order valence-corrected chi connectivity index (χ4v) is 1.89. The van der Waals surface area contributed by atoms with Gasteiger partial charge in [0.25, 0.3) is 0 Å². The van der Waals surface area contributed by atoms with Gasteiger partial charge in [-0.15, -0.1) is 0 Å². The molecular weight excluding hydrogens is 166 g/mol. The number of ether oxygens (including phenoxy) is 1. The molecule has 0 saturated heterocycles. The second-order valence-corrected chi connectivity index (χ2v) is 4.40. The first-order valence-electron chi connectivity index (χ1n) is 4.22. The summed E-state index contributed by atoms with van der Waals surface area (Å²) >= 11 is 0. The van der Waals surface area contributed by atoms with Gasteiger partial charge in [-0.1, -0.05) is 11.3 Å². The summed E-state index contributed by atoms with van der Waals surface area (Å²) in [6.45, 7) is 1.81. The molecule has 1 heterocycles. The molecule has 0 aliphatic carbocycles. The normalized spacial score (nSPS) is 15.6. The molecule has 12 heavy (non-hydrogen) atoms. The van der Waals surface area contributed by atoms with Crippen LogP contribution in [-0.2, 0) is 0 Å². The predicted octanol–water partition coefficient (Wildman–Crippen LogP) is -0.494. The molecule has 0 N–H and O–H groups in total. The predicted molar refractivity (Wildman–Crippen MR) is 54.8 cm³/mol. The summed E-state index contributed by atoms with van der Waals surface area (Å²) < 4.78 is 5.56. The van der Waals surface area contributed by atoms with Gasteiger partial charge in [-0.25, -0.2) is 0 Å². The molecule has 2 nitrogen and oxygen atoms in total. The highest BCUT2D eigenvalue weighted by Gasteiger charge is 2.13. The highest BCUT2D eigenvalue weighted by atomic mass is 28.1. The van der Waals surface area contributed by atoms with Crippen LogP contribution in [0.4, 0.5) is 5.69 Å². The van der Waals surface area contributed by atoms with Crippen molar-refractivity contribution in [2.45, 2.75) is 0 Å². The summed E-state index contributed by atoms with van der Waals surface area (Å²) in [5.74, 6) is 1.05. The average molecular weight is 179 g/mol. The number of rotatable bonds is 0. The average Bonchev–Trinajstić information content (AvgIpc) is 2.04. The molecule has 0 bridgehead atoms. The third-order valence-electron chi connectivity index (χ3n) is 2.21. The van der Waals surface area contributed by atoms with E-state index in [1.807, 2.05) is 0 Å². The molecule has 1 aliphatic rings. The van der Waals surface area contributed by atoms with E-state index < -0.39 is 0 Å². The number of anilines is 1. The lowest BCUT2D eigenvalue weighted by atomic mass is 10.2. The van der Waals surface area contributed by atoms with Crippen molar-refractivity contribution in [3.63, 3.8) is 0 Å². The maximum Gasteiger partial charge on any atom is 0.142 e. The Kier molecular flexibility index (Phi) is 1.81. The lowest BCUT2D eigenvalue weighted by Gasteiger charge is -2.27. The van der Waals surface area contributed by atoms with Crippen LogP contribution in [0.1, 0.15) is 0 Å². The lowest BCUT2D eigenvalue weighted by Crippen LogP contribution is -2.29. The molecule has 0 saturated carbocycles. The Morgan fingerprint density at radius 2 is 2.33 bits per heavy atom. The number of nitrogens with zero attached hydrogens (tertiary/aromatic N) is 1. The minimum atomic E-state index is 0.814. The molecule has 0 spiro atoms. The van der Waals surface area contributed by atoms with E-state index in [1.54, 1.807) is 0 Å². The van der Waals surface area contributed by atoms with Gasteiger partial charge in [-0.2, -0.15) is 0 Å². The van der Waals surface area contributed by atoms with Crippen molar-refractivity contribution in [3.05, 3.63) is 18.2 Å². The van der Waals surface area contributed by atoms with Crippen molar-refractivity contribution in [2.24, 2.45) is 0 Å². The van der Waals surface area contributed by atoms with E-state index in [4.69, 9.17) is 4.74 Å². The largest absolute Gasteiger partial charge is 0.490 e. The quantitative estimate of drug-likeness (QED) is 0.498. The minimum absolute atomic E-state index is 0.814. The summed E-state index contributed by atoms with van der Waals surface area (Å²) in [5.41, 5.74) is 1.22. The van der Waals surface area contributed by atoms with Crippen LogP contribution in [0.15, 0.2) is 18.2 Å². The van der Waals surface area contributed by atoms with Crippen LogP contribution < -0.4 is 14.8 Å². The van der Waals surface area contributed by atoms with E-state index in [2.05, 4.69) is 30.1 Å². The number of likely N-dealkylation sites (N-methyl/N-ethyl adjacent to an activating group) is 1. The van der Waals surface area contributed by atoms with Crippen molar-refractivity contribution in [2.75, 3.05) is 25.1 Å². The Bertz CT molecular complexity index is 301. The van der Waals surface area contributed by atoms with Gasteiger partial charge in [0, 0.05) is 17.3 Å². The van der Waals surface area contributed by atoms with Crippen molar-refractivity contribution in [1.82, 2.24) is 0 Å². The smallest absolute Gasteiger partial charge is 0.142 e. The summed E-state index contributed by atoms with van der Waals surface area (Å²) in [7, 11) is 3.20. The Balaban J connectivity index is 2.46. The molecule has 0 fully saturated rings. The van der Waals surface area contributed by atoms with E-state index in [-0.39, 0.29) is 0 Å². The Hall–Kier alpha value is -0.963. The second kappa shape index (κ2) is 2.82. The summed E-state index contributed by atoms with van der Waals surface area (Å²) in [5, 5.41) is 1.39. The van der Waals surface area contributed by atoms with Gasteiger partial charge in [0.15, 0.2) is 0 Å². The van der Waals surface area contributed by atoms with Crippen LogP contribution in [0, 0.1) is 0 Å². The molecule has 0 atom stereocenters. The highest BCUT2D eigenvalue weighted by molar-refractivity contribution is 6.32. The van der Waals surface area contributed by atoms with E-state index in [0.29, 0.717) is 0 Å². The fourth-order valence-electron chi connectivity index (χ4n) is 1.47. The monoisotopic (exact) mass is 179 g/mol. The zero-order valence-corrected chi connectivity index (χ0v) is 9.50. The fraction of sp³-hybridized carbons (Fsp3) is 0.333. The number of hydrogen-bond acceptors (Lipinski definition) is 2. The third kappa shape index (κ3) is 1.20. The Labute approximate surface area is 75.6 Å². The third-order valence-corrected chi connectivity index (χ3v) is 2.83. The van der Waals surface area contributed by atoms with Gasteiger partial charge in [0.05, 0.1) is 12.2 Å². The van der Waals surface area contributed by atoms with Crippen LogP contribution in [0.5, 0.6) is 5.75 Å². The summed E-state index contributed by atoms with van der Waals surface area (Å²) in [4.78, 5) is 2.24. The molecule has 1 aliphatic heterocycles. The minimum Gasteiger partial charge on any atom is -0.490 e. The molecule has 0 aromatic heterocycles. The second-order valence-electron chi connectivity index (χ2n) is 3.24. The Morgan fingerprint density at radius 3 is 3.17 bits per heavy atom. The van der Waals surface area contributed by atoms with E-state index in [9.17, 15) is 0 Å². The topological polar surface area (TPSA) is 12.5 Å². The van der Waals surface area contributed by atoms with Gasteiger partial charge < -0.3 is 9.64 Å². The van der Waals surface area contributed by atoms with Crippen LogP contribution in [-0.4, -0.2) is 30.4 Å². The zero-order valence-electron chi connectivity index (χ0n) is 7.50. The van der Waals surface area contributed by atoms with Gasteiger partial charge >= 0.3 is 0 Å². The molecule has 2 rings (SSSR count). The first-order chi connectivity index (χ1) is 5.77. The van der Waals surface area contributed by atoms with E-state index in [0.717, 1.165) is 29.1 Å². The molecule has 1 aromatic rings. The van der Waals surface area contributed by atoms with E-state index >= 15 is 0 Å². The van der Waals surface area contributed by atoms with Crippen LogP contribution in [0.3, 0.4) is 0 Å². The molecule has 0 unspecified atom stereocenters.